The van der Waals surface area contributed by atoms with Gasteiger partial charge in [0.25, 0.3) is 0 Å². The molecule has 1 aromatic heterocycles. The third kappa shape index (κ3) is 4.27. The van der Waals surface area contributed by atoms with Crippen LogP contribution in [-0.4, -0.2) is 60.4 Å². The number of guanidine groups is 1. The van der Waals surface area contributed by atoms with E-state index in [1.54, 1.807) is 7.05 Å². The molecule has 2 rings (SSSR count). The van der Waals surface area contributed by atoms with Crippen LogP contribution in [-0.2, 0) is 16.1 Å². The summed E-state index contributed by atoms with van der Waals surface area (Å²) in [6.07, 6.45) is 0.963. The van der Waals surface area contributed by atoms with Crippen molar-refractivity contribution in [3.8, 4) is 0 Å². The van der Waals surface area contributed by atoms with Crippen LogP contribution in [0.15, 0.2) is 11.1 Å². The van der Waals surface area contributed by atoms with Crippen LogP contribution in [0.1, 0.15) is 24.7 Å². The summed E-state index contributed by atoms with van der Waals surface area (Å²) >= 11 is 0. The minimum Gasteiger partial charge on any atom is -0.469 e. The van der Waals surface area contributed by atoms with Crippen molar-refractivity contribution in [2.45, 2.75) is 33.7 Å². The molecule has 1 aromatic rings. The molecule has 1 fully saturated rings. The Bertz CT molecular complexity index is 596. The number of aliphatic imine (C=N–C) groups is 1. The molecule has 24 heavy (non-hydrogen) atoms. The highest BCUT2D eigenvalue weighted by atomic mass is 16.5. The van der Waals surface area contributed by atoms with Gasteiger partial charge in [0.1, 0.15) is 0 Å². The standard InChI is InChI=1S/C17H29N5O2/c1-12-10-21(11-15(12)16(23)24-5)17(18-4)19-7-6-8-22-14(3)9-13(2)20-22/h9,12,15H,6-8,10-11H2,1-5H3,(H,18,19). The van der Waals surface area contributed by atoms with E-state index in [-0.39, 0.29) is 17.8 Å². The third-order valence-corrected chi connectivity index (χ3v) is 4.56. The average Bonchev–Trinajstić information content (AvgIpc) is 3.09. The lowest BCUT2D eigenvalue weighted by Crippen LogP contribution is -2.41. The molecule has 134 valence electrons. The Morgan fingerprint density at radius 3 is 2.79 bits per heavy atom. The fourth-order valence-electron chi connectivity index (χ4n) is 3.26. The normalized spacial score (nSPS) is 21.2. The maximum atomic E-state index is 11.8. The Morgan fingerprint density at radius 2 is 2.21 bits per heavy atom. The van der Waals surface area contributed by atoms with Gasteiger partial charge < -0.3 is 15.0 Å². The summed E-state index contributed by atoms with van der Waals surface area (Å²) in [4.78, 5) is 18.3. The van der Waals surface area contributed by atoms with Crippen LogP contribution < -0.4 is 5.32 Å². The lowest BCUT2D eigenvalue weighted by Gasteiger charge is -2.21. The summed E-state index contributed by atoms with van der Waals surface area (Å²) in [5, 5.41) is 7.86. The van der Waals surface area contributed by atoms with Gasteiger partial charge in [0.2, 0.25) is 0 Å². The molecule has 2 atom stereocenters. The number of nitrogens with zero attached hydrogens (tertiary/aromatic N) is 4. The number of likely N-dealkylation sites (tertiary alicyclic amines) is 1. The number of hydrogen-bond acceptors (Lipinski definition) is 4. The first-order chi connectivity index (χ1) is 11.5. The molecular weight excluding hydrogens is 306 g/mol. The molecule has 0 bridgehead atoms. The molecule has 7 nitrogen and oxygen atoms in total. The van der Waals surface area contributed by atoms with E-state index in [9.17, 15) is 4.79 Å². The highest BCUT2D eigenvalue weighted by Gasteiger charge is 2.36. The molecule has 1 aliphatic rings. The summed E-state index contributed by atoms with van der Waals surface area (Å²) in [6, 6.07) is 2.09. The summed E-state index contributed by atoms with van der Waals surface area (Å²) in [5.74, 6) is 0.903. The van der Waals surface area contributed by atoms with Gasteiger partial charge in [0, 0.05) is 38.9 Å². The van der Waals surface area contributed by atoms with Gasteiger partial charge in [-0.15, -0.1) is 0 Å². The summed E-state index contributed by atoms with van der Waals surface area (Å²) < 4.78 is 6.92. The summed E-state index contributed by atoms with van der Waals surface area (Å²) in [7, 11) is 3.23. The van der Waals surface area contributed by atoms with Crippen molar-refractivity contribution in [3.05, 3.63) is 17.5 Å². The molecule has 0 saturated carbocycles. The first kappa shape index (κ1) is 18.3. The second-order valence-electron chi connectivity index (χ2n) is 6.49. The number of methoxy groups -OCH3 is 1. The smallest absolute Gasteiger partial charge is 0.310 e. The van der Waals surface area contributed by atoms with Gasteiger partial charge in [-0.2, -0.15) is 5.10 Å². The van der Waals surface area contributed by atoms with Crippen molar-refractivity contribution in [1.82, 2.24) is 20.0 Å². The second-order valence-corrected chi connectivity index (χ2v) is 6.49. The SMILES string of the molecule is CN=C(NCCCn1nc(C)cc1C)N1CC(C)C(C(=O)OC)C1. The molecule has 1 saturated heterocycles. The molecule has 0 aromatic carbocycles. The van der Waals surface area contributed by atoms with E-state index >= 15 is 0 Å². The lowest BCUT2D eigenvalue weighted by molar-refractivity contribution is -0.145. The molecule has 0 radical (unpaired) electrons. The molecule has 0 amide bonds. The van der Waals surface area contributed by atoms with Crippen molar-refractivity contribution in [2.75, 3.05) is 33.8 Å². The zero-order valence-corrected chi connectivity index (χ0v) is 15.4. The maximum absolute atomic E-state index is 11.8. The van der Waals surface area contributed by atoms with Crippen LogP contribution in [0.4, 0.5) is 0 Å². The van der Waals surface area contributed by atoms with Gasteiger partial charge >= 0.3 is 5.97 Å². The molecule has 0 aliphatic carbocycles. The number of aromatic nitrogens is 2. The number of ether oxygens (including phenoxy) is 1. The number of aryl methyl sites for hydroxylation is 3. The second kappa shape index (κ2) is 8.17. The Morgan fingerprint density at radius 1 is 1.46 bits per heavy atom. The number of carbonyl (C=O) groups is 1. The first-order valence-corrected chi connectivity index (χ1v) is 8.50. The van der Waals surface area contributed by atoms with E-state index < -0.39 is 0 Å². The summed E-state index contributed by atoms with van der Waals surface area (Å²) in [6.45, 7) is 9.34. The number of hydrogen-bond donors (Lipinski definition) is 1. The molecule has 1 N–H and O–H groups in total. The molecule has 1 aliphatic heterocycles. The minimum absolute atomic E-state index is 0.0803. The Kier molecular flexibility index (Phi) is 6.23. The van der Waals surface area contributed by atoms with Gasteiger partial charge in [-0.3, -0.25) is 14.5 Å². The average molecular weight is 335 g/mol. The van der Waals surface area contributed by atoms with E-state index in [2.05, 4.69) is 40.2 Å². The number of rotatable bonds is 5. The number of carbonyl (C=O) groups excluding carboxylic acids is 1. The van der Waals surface area contributed by atoms with Crippen LogP contribution >= 0.6 is 0 Å². The Hall–Kier alpha value is -2.05. The van der Waals surface area contributed by atoms with Crippen molar-refractivity contribution < 1.29 is 9.53 Å². The van der Waals surface area contributed by atoms with Gasteiger partial charge in [-0.25, -0.2) is 0 Å². The number of esters is 1. The topological polar surface area (TPSA) is 71.8 Å². The van der Waals surface area contributed by atoms with Crippen molar-refractivity contribution >= 4 is 11.9 Å². The fourth-order valence-corrected chi connectivity index (χ4v) is 3.26. The zero-order chi connectivity index (χ0) is 17.7. The maximum Gasteiger partial charge on any atom is 0.310 e. The lowest BCUT2D eigenvalue weighted by atomic mass is 9.99. The van der Waals surface area contributed by atoms with Crippen LogP contribution in [0.25, 0.3) is 0 Å². The predicted octanol–water partition coefficient (Wildman–Crippen LogP) is 1.21. The van der Waals surface area contributed by atoms with Crippen LogP contribution in [0.3, 0.4) is 0 Å². The van der Waals surface area contributed by atoms with Gasteiger partial charge in [-0.05, 0) is 32.3 Å². The Balaban J connectivity index is 1.81. The van der Waals surface area contributed by atoms with Crippen LogP contribution in [0.2, 0.25) is 0 Å². The van der Waals surface area contributed by atoms with Crippen molar-refractivity contribution in [1.29, 1.82) is 0 Å². The Labute approximate surface area is 144 Å². The minimum atomic E-state index is -0.134. The highest BCUT2D eigenvalue weighted by molar-refractivity contribution is 5.82. The largest absolute Gasteiger partial charge is 0.469 e. The number of nitrogens with one attached hydrogen (secondary N) is 1. The highest BCUT2D eigenvalue weighted by Crippen LogP contribution is 2.24. The third-order valence-electron chi connectivity index (χ3n) is 4.56. The summed E-state index contributed by atoms with van der Waals surface area (Å²) in [5.41, 5.74) is 2.24. The van der Waals surface area contributed by atoms with E-state index in [0.29, 0.717) is 6.54 Å². The monoisotopic (exact) mass is 335 g/mol. The van der Waals surface area contributed by atoms with Crippen LogP contribution in [0, 0.1) is 25.7 Å². The van der Waals surface area contributed by atoms with E-state index in [0.717, 1.165) is 37.7 Å². The molecule has 2 unspecified atom stereocenters. The fraction of sp³-hybridized carbons (Fsp3) is 0.706. The molecule has 2 heterocycles. The van der Waals surface area contributed by atoms with E-state index in [1.165, 1.54) is 12.8 Å². The molecular formula is C17H29N5O2. The first-order valence-electron chi connectivity index (χ1n) is 8.50. The zero-order valence-electron chi connectivity index (χ0n) is 15.4. The molecule has 7 heteroatoms. The van der Waals surface area contributed by atoms with E-state index in [1.807, 2.05) is 11.6 Å². The van der Waals surface area contributed by atoms with Crippen molar-refractivity contribution in [3.63, 3.8) is 0 Å². The molecule has 0 spiro atoms. The van der Waals surface area contributed by atoms with Crippen molar-refractivity contribution in [2.24, 2.45) is 16.8 Å². The van der Waals surface area contributed by atoms with Gasteiger partial charge in [0.05, 0.1) is 18.7 Å². The quantitative estimate of drug-likeness (QED) is 0.379. The van der Waals surface area contributed by atoms with Crippen LogP contribution in [0.5, 0.6) is 0 Å². The predicted molar refractivity (Wildman–Crippen MR) is 93.9 cm³/mol. The van der Waals surface area contributed by atoms with Gasteiger partial charge in [0.15, 0.2) is 5.96 Å². The van der Waals surface area contributed by atoms with Gasteiger partial charge in [-0.1, -0.05) is 6.92 Å². The van der Waals surface area contributed by atoms with E-state index in [4.69, 9.17) is 4.74 Å².